The van der Waals surface area contributed by atoms with Crippen LogP contribution in [0.2, 0.25) is 0 Å². The Morgan fingerprint density at radius 2 is 1.90 bits per heavy atom. The van der Waals surface area contributed by atoms with Crippen molar-refractivity contribution in [1.29, 1.82) is 0 Å². The van der Waals surface area contributed by atoms with Gasteiger partial charge in [0.1, 0.15) is 13.5 Å². The van der Waals surface area contributed by atoms with Crippen molar-refractivity contribution in [1.82, 2.24) is 9.97 Å². The molecule has 29 heavy (non-hydrogen) atoms. The number of hydrogen-bond donors (Lipinski definition) is 1. The van der Waals surface area contributed by atoms with Crippen LogP contribution in [0.4, 0.5) is 17.3 Å². The highest BCUT2D eigenvalue weighted by atomic mass is 16.5. The lowest BCUT2D eigenvalue weighted by Gasteiger charge is -2.39. The number of aromatic nitrogens is 2. The van der Waals surface area contributed by atoms with Crippen molar-refractivity contribution in [3.8, 4) is 11.1 Å². The smallest absolute Gasteiger partial charge is 0.312 e. The monoisotopic (exact) mass is 395 g/mol. The summed E-state index contributed by atoms with van der Waals surface area (Å²) in [5, 5.41) is 3.00. The van der Waals surface area contributed by atoms with Gasteiger partial charge in [-0.3, -0.25) is 4.79 Å². The van der Waals surface area contributed by atoms with E-state index in [0.29, 0.717) is 31.3 Å². The number of nitrogen functional groups attached to an aromatic ring is 1. The summed E-state index contributed by atoms with van der Waals surface area (Å²) in [6, 6.07) is 3.53. The first-order valence-corrected chi connectivity index (χ1v) is 9.92. The van der Waals surface area contributed by atoms with E-state index in [1.165, 1.54) is 0 Å². The SMILES string of the molecule is Bc1cc(-c2cnc(N3CCC(CC)(C(=O)OCC)CC3)nc2)cc(N=O)c1N. The fourth-order valence-corrected chi connectivity index (χ4v) is 3.78. The van der Waals surface area contributed by atoms with Gasteiger partial charge in [-0.05, 0) is 43.0 Å². The van der Waals surface area contributed by atoms with Crippen molar-refractivity contribution in [2.24, 2.45) is 10.6 Å². The standard InChI is InChI=1S/C20H26BN5O3/c1-3-20(18(27)29-4-2)5-7-26(8-6-20)19-23-11-14(12-24-19)13-9-15(21)17(22)16(10-13)25-28/h9-12H,3-8,21-22H2,1-2H3. The van der Waals surface area contributed by atoms with Gasteiger partial charge in [0.05, 0.1) is 17.7 Å². The number of rotatable bonds is 6. The lowest BCUT2D eigenvalue weighted by atomic mass is 9.76. The number of nitrogens with zero attached hydrogens (tertiary/aromatic N) is 4. The van der Waals surface area contributed by atoms with Crippen LogP contribution in [0.25, 0.3) is 11.1 Å². The molecular weight excluding hydrogens is 369 g/mol. The summed E-state index contributed by atoms with van der Waals surface area (Å²) in [7, 11) is 1.83. The van der Waals surface area contributed by atoms with E-state index in [4.69, 9.17) is 10.5 Å². The van der Waals surface area contributed by atoms with Crippen LogP contribution in [-0.4, -0.2) is 43.5 Å². The maximum Gasteiger partial charge on any atom is 0.312 e. The first-order chi connectivity index (χ1) is 13.9. The molecule has 1 saturated heterocycles. The molecular formula is C20H26BN5O3. The predicted molar refractivity (Wildman–Crippen MR) is 116 cm³/mol. The van der Waals surface area contributed by atoms with E-state index < -0.39 is 5.41 Å². The van der Waals surface area contributed by atoms with Crippen LogP contribution in [0, 0.1) is 10.3 Å². The molecule has 1 aromatic heterocycles. The Labute approximate surface area is 171 Å². The molecule has 0 aliphatic carbocycles. The molecule has 1 aliphatic heterocycles. The summed E-state index contributed by atoms with van der Waals surface area (Å²) in [4.78, 5) is 34.5. The number of nitrogens with two attached hydrogens (primary N) is 1. The van der Waals surface area contributed by atoms with Crippen molar-refractivity contribution >= 4 is 36.6 Å². The molecule has 2 N–H and O–H groups in total. The van der Waals surface area contributed by atoms with Gasteiger partial charge in [-0.2, -0.15) is 0 Å². The second-order valence-electron chi connectivity index (χ2n) is 7.43. The number of esters is 1. The Morgan fingerprint density at radius 1 is 1.24 bits per heavy atom. The first kappa shape index (κ1) is 20.8. The van der Waals surface area contributed by atoms with Crippen LogP contribution >= 0.6 is 0 Å². The minimum absolute atomic E-state index is 0.100. The maximum atomic E-state index is 12.4. The van der Waals surface area contributed by atoms with E-state index in [-0.39, 0.29) is 11.7 Å². The molecule has 1 fully saturated rings. The third-order valence-electron chi connectivity index (χ3n) is 5.82. The molecule has 0 spiro atoms. The summed E-state index contributed by atoms with van der Waals surface area (Å²) in [6.45, 7) is 5.68. The van der Waals surface area contributed by atoms with Gasteiger partial charge >= 0.3 is 5.97 Å². The van der Waals surface area contributed by atoms with E-state index in [9.17, 15) is 9.70 Å². The molecule has 2 aromatic rings. The minimum atomic E-state index is -0.411. The molecule has 2 heterocycles. The molecule has 0 radical (unpaired) electrons. The average molecular weight is 395 g/mol. The Bertz CT molecular complexity index is 896. The van der Waals surface area contributed by atoms with Crippen molar-refractivity contribution in [3.63, 3.8) is 0 Å². The third-order valence-corrected chi connectivity index (χ3v) is 5.82. The maximum absolute atomic E-state index is 12.4. The number of carbonyl (C=O) groups is 1. The van der Waals surface area contributed by atoms with E-state index in [1.54, 1.807) is 18.5 Å². The van der Waals surface area contributed by atoms with Crippen molar-refractivity contribution < 1.29 is 9.53 Å². The number of anilines is 2. The van der Waals surface area contributed by atoms with Gasteiger partial charge in [-0.1, -0.05) is 18.5 Å². The fourth-order valence-electron chi connectivity index (χ4n) is 3.78. The minimum Gasteiger partial charge on any atom is -0.466 e. The van der Waals surface area contributed by atoms with E-state index >= 15 is 0 Å². The largest absolute Gasteiger partial charge is 0.466 e. The van der Waals surface area contributed by atoms with E-state index in [0.717, 1.165) is 35.9 Å². The zero-order chi connectivity index (χ0) is 21.0. The molecule has 3 rings (SSSR count). The van der Waals surface area contributed by atoms with Crippen LogP contribution < -0.4 is 16.1 Å². The first-order valence-electron chi connectivity index (χ1n) is 9.92. The molecule has 8 nitrogen and oxygen atoms in total. The number of benzene rings is 1. The van der Waals surface area contributed by atoms with Crippen LogP contribution in [0.1, 0.15) is 33.1 Å². The Morgan fingerprint density at radius 3 is 2.45 bits per heavy atom. The van der Waals surface area contributed by atoms with E-state index in [2.05, 4.69) is 20.0 Å². The highest BCUT2D eigenvalue weighted by molar-refractivity contribution is 6.36. The summed E-state index contributed by atoms with van der Waals surface area (Å²) in [5.41, 5.74) is 8.43. The molecule has 9 heteroatoms. The van der Waals surface area contributed by atoms with Crippen molar-refractivity contribution in [3.05, 3.63) is 29.4 Å². The number of ether oxygens (including phenoxy) is 1. The molecule has 0 atom stereocenters. The van der Waals surface area contributed by atoms with Gasteiger partial charge in [0.15, 0.2) is 0 Å². The molecule has 0 saturated carbocycles. The fraction of sp³-hybridized carbons (Fsp3) is 0.450. The molecule has 0 amide bonds. The Balaban J connectivity index is 1.74. The number of hydrogen-bond acceptors (Lipinski definition) is 8. The molecule has 152 valence electrons. The number of piperidine rings is 1. The highest BCUT2D eigenvalue weighted by Gasteiger charge is 2.41. The lowest BCUT2D eigenvalue weighted by Crippen LogP contribution is -2.45. The lowest BCUT2D eigenvalue weighted by molar-refractivity contribution is -0.157. The van der Waals surface area contributed by atoms with Gasteiger partial charge in [0.2, 0.25) is 5.95 Å². The second-order valence-corrected chi connectivity index (χ2v) is 7.43. The van der Waals surface area contributed by atoms with Crippen LogP contribution in [-0.2, 0) is 9.53 Å². The Kier molecular flexibility index (Phi) is 6.15. The third kappa shape index (κ3) is 4.08. The zero-order valence-electron chi connectivity index (χ0n) is 17.1. The number of nitroso groups, excluding NO2 is 1. The van der Waals surface area contributed by atoms with Gasteiger partial charge in [0.25, 0.3) is 0 Å². The van der Waals surface area contributed by atoms with Gasteiger partial charge in [0, 0.05) is 31.0 Å². The summed E-state index contributed by atoms with van der Waals surface area (Å²) in [6.07, 6.45) is 5.67. The average Bonchev–Trinajstić information content (AvgIpc) is 2.76. The quantitative estimate of drug-likeness (QED) is 0.344. The molecule has 0 bridgehead atoms. The molecule has 0 unspecified atom stereocenters. The van der Waals surface area contributed by atoms with Crippen LogP contribution in [0.5, 0.6) is 0 Å². The topological polar surface area (TPSA) is 111 Å². The van der Waals surface area contributed by atoms with E-state index in [1.807, 2.05) is 27.8 Å². The zero-order valence-corrected chi connectivity index (χ0v) is 17.1. The molecule has 1 aliphatic rings. The predicted octanol–water partition coefficient (Wildman–Crippen LogP) is 1.94. The van der Waals surface area contributed by atoms with Crippen LogP contribution in [0.15, 0.2) is 29.7 Å². The summed E-state index contributed by atoms with van der Waals surface area (Å²) >= 11 is 0. The Hall–Kier alpha value is -2.97. The highest BCUT2D eigenvalue weighted by Crippen LogP contribution is 2.37. The van der Waals surface area contributed by atoms with Gasteiger partial charge < -0.3 is 15.4 Å². The van der Waals surface area contributed by atoms with Gasteiger partial charge in [-0.25, -0.2) is 9.97 Å². The van der Waals surface area contributed by atoms with Crippen LogP contribution in [0.3, 0.4) is 0 Å². The number of carbonyl (C=O) groups excluding carboxylic acids is 1. The van der Waals surface area contributed by atoms with Crippen molar-refractivity contribution in [2.45, 2.75) is 33.1 Å². The normalized spacial score (nSPS) is 15.7. The van der Waals surface area contributed by atoms with Crippen molar-refractivity contribution in [2.75, 3.05) is 30.3 Å². The van der Waals surface area contributed by atoms with Gasteiger partial charge in [-0.15, -0.1) is 4.91 Å². The summed E-state index contributed by atoms with van der Waals surface area (Å²) in [5.74, 6) is 0.528. The summed E-state index contributed by atoms with van der Waals surface area (Å²) < 4.78 is 5.29. The second kappa shape index (κ2) is 8.59. The molecule has 1 aromatic carbocycles.